The molecule has 0 spiro atoms. The quantitative estimate of drug-likeness (QED) is 0.834. The van der Waals surface area contributed by atoms with Crippen LogP contribution in [0, 0.1) is 0 Å². The van der Waals surface area contributed by atoms with Gasteiger partial charge in [0.15, 0.2) is 0 Å². The van der Waals surface area contributed by atoms with Gasteiger partial charge in [0.2, 0.25) is 0 Å². The molecule has 1 unspecified atom stereocenters. The Morgan fingerprint density at radius 1 is 1.37 bits per heavy atom. The van der Waals surface area contributed by atoms with E-state index >= 15 is 0 Å². The van der Waals surface area contributed by atoms with Crippen molar-refractivity contribution in [1.29, 1.82) is 0 Å². The van der Waals surface area contributed by atoms with E-state index in [-0.39, 0.29) is 0 Å². The Morgan fingerprint density at radius 3 is 3.11 bits per heavy atom. The molecule has 0 aromatic heterocycles. The minimum absolute atomic E-state index is 0.320. The van der Waals surface area contributed by atoms with Crippen molar-refractivity contribution in [2.24, 2.45) is 0 Å². The highest BCUT2D eigenvalue weighted by Crippen LogP contribution is 2.32. The number of fused-ring (bicyclic) bond motifs is 1. The predicted octanol–water partition coefficient (Wildman–Crippen LogP) is 1.35. The first kappa shape index (κ1) is 12.8. The zero-order valence-electron chi connectivity index (χ0n) is 11.6. The molecule has 0 saturated carbocycles. The third-order valence-electron chi connectivity index (χ3n) is 4.25. The van der Waals surface area contributed by atoms with Gasteiger partial charge in [0.1, 0.15) is 0 Å². The molecule has 2 heterocycles. The number of ether oxygens (including phenoxy) is 1. The van der Waals surface area contributed by atoms with E-state index in [1.807, 2.05) is 12.1 Å². The number of nitrogens with two attached hydrogens (primary N) is 1. The zero-order chi connectivity index (χ0) is 13.2. The Kier molecular flexibility index (Phi) is 3.62. The second kappa shape index (κ2) is 5.39. The van der Waals surface area contributed by atoms with Gasteiger partial charge in [-0.05, 0) is 25.1 Å². The highest BCUT2D eigenvalue weighted by atomic mass is 16.5. The Balaban J connectivity index is 1.68. The summed E-state index contributed by atoms with van der Waals surface area (Å²) in [7, 11) is 0. The van der Waals surface area contributed by atoms with Gasteiger partial charge in [0, 0.05) is 43.1 Å². The lowest BCUT2D eigenvalue weighted by atomic mass is 10.1. The van der Waals surface area contributed by atoms with Gasteiger partial charge >= 0.3 is 0 Å². The monoisotopic (exact) mass is 261 g/mol. The molecule has 2 N–H and O–H groups in total. The van der Waals surface area contributed by atoms with E-state index < -0.39 is 0 Å². The number of morpholine rings is 1. The van der Waals surface area contributed by atoms with Crippen LogP contribution in [0.1, 0.15) is 12.5 Å². The van der Waals surface area contributed by atoms with Crippen molar-refractivity contribution in [1.82, 2.24) is 4.90 Å². The number of benzene rings is 1. The van der Waals surface area contributed by atoms with E-state index in [0.29, 0.717) is 6.10 Å². The summed E-state index contributed by atoms with van der Waals surface area (Å²) < 4.78 is 5.90. The van der Waals surface area contributed by atoms with Gasteiger partial charge in [-0.25, -0.2) is 0 Å². The maximum atomic E-state index is 6.04. The summed E-state index contributed by atoms with van der Waals surface area (Å²) in [5, 5.41) is 0. The number of likely N-dealkylation sites (N-methyl/N-ethyl adjacent to an activating group) is 1. The molecule has 3 rings (SSSR count). The van der Waals surface area contributed by atoms with Crippen LogP contribution in [0.15, 0.2) is 18.2 Å². The first-order valence-electron chi connectivity index (χ1n) is 7.24. The highest BCUT2D eigenvalue weighted by Gasteiger charge is 2.26. The van der Waals surface area contributed by atoms with Crippen LogP contribution < -0.4 is 10.6 Å². The SMILES string of the molecule is CCN1CCOC(CN2CCc3c(N)cccc32)C1. The standard InChI is InChI=1S/C15H23N3O/c1-2-17-8-9-19-12(10-17)11-18-7-6-13-14(16)4-3-5-15(13)18/h3-5,12H,2,6-11,16H2,1H3. The number of hydrogen-bond acceptors (Lipinski definition) is 4. The van der Waals surface area contributed by atoms with Crippen molar-refractivity contribution in [3.05, 3.63) is 23.8 Å². The van der Waals surface area contributed by atoms with E-state index in [9.17, 15) is 0 Å². The molecular weight excluding hydrogens is 238 g/mol. The van der Waals surface area contributed by atoms with Gasteiger partial charge in [-0.2, -0.15) is 0 Å². The molecule has 0 aliphatic carbocycles. The molecule has 0 amide bonds. The molecule has 1 aromatic carbocycles. The third kappa shape index (κ3) is 2.55. The minimum atomic E-state index is 0.320. The van der Waals surface area contributed by atoms with Crippen LogP contribution in [-0.2, 0) is 11.2 Å². The van der Waals surface area contributed by atoms with Crippen LogP contribution in [0.3, 0.4) is 0 Å². The Hall–Kier alpha value is -1.26. The summed E-state index contributed by atoms with van der Waals surface area (Å²) in [6.07, 6.45) is 1.38. The maximum Gasteiger partial charge on any atom is 0.0877 e. The molecule has 104 valence electrons. The molecule has 4 nitrogen and oxygen atoms in total. The van der Waals surface area contributed by atoms with E-state index in [4.69, 9.17) is 10.5 Å². The third-order valence-corrected chi connectivity index (χ3v) is 4.25. The summed E-state index contributed by atoms with van der Waals surface area (Å²) in [6, 6.07) is 6.23. The lowest BCUT2D eigenvalue weighted by Crippen LogP contribution is -2.47. The Bertz CT molecular complexity index is 449. The first-order chi connectivity index (χ1) is 9.28. The number of hydrogen-bond donors (Lipinski definition) is 1. The molecule has 1 fully saturated rings. The van der Waals surface area contributed by atoms with Crippen LogP contribution in [0.2, 0.25) is 0 Å². The highest BCUT2D eigenvalue weighted by molar-refractivity contribution is 5.68. The van der Waals surface area contributed by atoms with Crippen LogP contribution in [0.4, 0.5) is 11.4 Å². The van der Waals surface area contributed by atoms with Crippen LogP contribution in [-0.4, -0.2) is 50.3 Å². The van der Waals surface area contributed by atoms with E-state index in [1.165, 1.54) is 11.3 Å². The molecule has 2 aliphatic rings. The maximum absolute atomic E-state index is 6.04. The molecule has 2 aliphatic heterocycles. The molecular formula is C15H23N3O. The summed E-state index contributed by atoms with van der Waals surface area (Å²) in [5.41, 5.74) is 9.59. The summed E-state index contributed by atoms with van der Waals surface area (Å²) >= 11 is 0. The second-order valence-corrected chi connectivity index (χ2v) is 5.43. The largest absolute Gasteiger partial charge is 0.398 e. The summed E-state index contributed by atoms with van der Waals surface area (Å²) in [4.78, 5) is 4.89. The van der Waals surface area contributed by atoms with Gasteiger partial charge in [-0.15, -0.1) is 0 Å². The first-order valence-corrected chi connectivity index (χ1v) is 7.24. The summed E-state index contributed by atoms with van der Waals surface area (Å²) in [5.74, 6) is 0. The summed E-state index contributed by atoms with van der Waals surface area (Å²) in [6.45, 7) is 8.34. The predicted molar refractivity (Wildman–Crippen MR) is 78.6 cm³/mol. The van der Waals surface area contributed by atoms with Crippen molar-refractivity contribution >= 4 is 11.4 Å². The van der Waals surface area contributed by atoms with Crippen molar-refractivity contribution in [3.63, 3.8) is 0 Å². The Morgan fingerprint density at radius 2 is 2.26 bits per heavy atom. The van der Waals surface area contributed by atoms with Gasteiger partial charge < -0.3 is 15.4 Å². The van der Waals surface area contributed by atoms with E-state index in [2.05, 4.69) is 22.8 Å². The van der Waals surface area contributed by atoms with Gasteiger partial charge in [0.05, 0.1) is 12.7 Å². The molecule has 4 heteroatoms. The van der Waals surface area contributed by atoms with Crippen LogP contribution >= 0.6 is 0 Å². The average Bonchev–Trinajstić information content (AvgIpc) is 2.84. The fourth-order valence-electron chi connectivity index (χ4n) is 3.14. The molecule has 1 aromatic rings. The topological polar surface area (TPSA) is 41.7 Å². The molecule has 1 saturated heterocycles. The molecule has 1 atom stereocenters. The zero-order valence-corrected chi connectivity index (χ0v) is 11.6. The normalized spacial score (nSPS) is 23.6. The van der Waals surface area contributed by atoms with Crippen molar-refractivity contribution in [3.8, 4) is 0 Å². The van der Waals surface area contributed by atoms with Gasteiger partial charge in [-0.1, -0.05) is 13.0 Å². The van der Waals surface area contributed by atoms with Gasteiger partial charge in [-0.3, -0.25) is 4.90 Å². The fourth-order valence-corrected chi connectivity index (χ4v) is 3.14. The number of nitrogen functional groups attached to an aromatic ring is 1. The number of rotatable bonds is 3. The van der Waals surface area contributed by atoms with Gasteiger partial charge in [0.25, 0.3) is 0 Å². The number of anilines is 2. The van der Waals surface area contributed by atoms with Crippen LogP contribution in [0.25, 0.3) is 0 Å². The van der Waals surface area contributed by atoms with E-state index in [0.717, 1.165) is 51.4 Å². The molecule has 19 heavy (non-hydrogen) atoms. The number of nitrogens with zero attached hydrogens (tertiary/aromatic N) is 2. The lowest BCUT2D eigenvalue weighted by Gasteiger charge is -2.34. The van der Waals surface area contributed by atoms with Crippen molar-refractivity contribution in [2.45, 2.75) is 19.4 Å². The van der Waals surface area contributed by atoms with Crippen LogP contribution in [0.5, 0.6) is 0 Å². The van der Waals surface area contributed by atoms with Crippen molar-refractivity contribution in [2.75, 3.05) is 50.0 Å². The van der Waals surface area contributed by atoms with E-state index in [1.54, 1.807) is 0 Å². The average molecular weight is 261 g/mol. The van der Waals surface area contributed by atoms with Crippen molar-refractivity contribution < 1.29 is 4.74 Å². The fraction of sp³-hybridized carbons (Fsp3) is 0.600. The molecule has 0 radical (unpaired) electrons. The Labute approximate surface area is 115 Å². The second-order valence-electron chi connectivity index (χ2n) is 5.43. The smallest absolute Gasteiger partial charge is 0.0877 e. The molecule has 0 bridgehead atoms. The minimum Gasteiger partial charge on any atom is -0.398 e. The lowest BCUT2D eigenvalue weighted by molar-refractivity contribution is -0.0219.